The van der Waals surface area contributed by atoms with Crippen LogP contribution in [0, 0.1) is 0 Å². The standard InChI is InChI=1S/C13H20BrNS2/c1-3-16-12-6-4-5-10(12)15-9(2)11-7-8-13(14)17-11/h7-10,12,15H,3-6H2,1-2H3. The number of thiophene rings is 1. The highest BCUT2D eigenvalue weighted by Gasteiger charge is 2.28. The summed E-state index contributed by atoms with van der Waals surface area (Å²) in [5.41, 5.74) is 0. The van der Waals surface area contributed by atoms with Crippen LogP contribution < -0.4 is 5.32 Å². The summed E-state index contributed by atoms with van der Waals surface area (Å²) >= 11 is 7.50. The van der Waals surface area contributed by atoms with E-state index in [-0.39, 0.29) is 0 Å². The zero-order valence-corrected chi connectivity index (χ0v) is 13.6. The molecule has 1 nitrogen and oxygen atoms in total. The van der Waals surface area contributed by atoms with Gasteiger partial charge in [0.05, 0.1) is 3.79 Å². The second-order valence-corrected chi connectivity index (χ2v) is 8.57. The number of thioether (sulfide) groups is 1. The summed E-state index contributed by atoms with van der Waals surface area (Å²) < 4.78 is 1.23. The van der Waals surface area contributed by atoms with Gasteiger partial charge in [-0.15, -0.1) is 11.3 Å². The van der Waals surface area contributed by atoms with Crippen molar-refractivity contribution in [2.75, 3.05) is 5.75 Å². The molecule has 1 N–H and O–H groups in total. The first-order chi connectivity index (χ1) is 8.20. The maximum Gasteiger partial charge on any atom is 0.0701 e. The van der Waals surface area contributed by atoms with E-state index >= 15 is 0 Å². The molecule has 0 spiro atoms. The fourth-order valence-corrected chi connectivity index (χ4v) is 5.14. The van der Waals surface area contributed by atoms with Crippen LogP contribution in [0.4, 0.5) is 0 Å². The monoisotopic (exact) mass is 333 g/mol. The molecule has 1 saturated carbocycles. The largest absolute Gasteiger partial charge is 0.306 e. The average Bonchev–Trinajstić information content (AvgIpc) is 2.89. The van der Waals surface area contributed by atoms with Crippen LogP contribution in [-0.4, -0.2) is 17.0 Å². The Balaban J connectivity index is 1.91. The number of halogens is 1. The van der Waals surface area contributed by atoms with Crippen LogP contribution in [0.15, 0.2) is 15.9 Å². The van der Waals surface area contributed by atoms with E-state index in [1.54, 1.807) is 0 Å². The van der Waals surface area contributed by atoms with Gasteiger partial charge in [-0.1, -0.05) is 13.3 Å². The molecule has 0 saturated heterocycles. The fourth-order valence-electron chi connectivity index (χ4n) is 2.49. The third-order valence-corrected chi connectivity index (χ3v) is 6.45. The third-order valence-electron chi connectivity index (χ3n) is 3.32. The first kappa shape index (κ1) is 13.9. The highest BCUT2D eigenvalue weighted by molar-refractivity contribution is 9.11. The van der Waals surface area contributed by atoms with Gasteiger partial charge in [-0.25, -0.2) is 0 Å². The van der Waals surface area contributed by atoms with E-state index in [0.29, 0.717) is 12.1 Å². The van der Waals surface area contributed by atoms with Gasteiger partial charge in [0.15, 0.2) is 0 Å². The molecule has 1 fully saturated rings. The smallest absolute Gasteiger partial charge is 0.0701 e. The highest BCUT2D eigenvalue weighted by atomic mass is 79.9. The van der Waals surface area contributed by atoms with Gasteiger partial charge < -0.3 is 5.32 Å². The number of hydrogen-bond donors (Lipinski definition) is 1. The van der Waals surface area contributed by atoms with Crippen molar-refractivity contribution in [3.05, 3.63) is 20.8 Å². The number of nitrogens with one attached hydrogen (secondary N) is 1. The second-order valence-electron chi connectivity index (χ2n) is 4.56. The van der Waals surface area contributed by atoms with Crippen LogP contribution in [0.3, 0.4) is 0 Å². The third kappa shape index (κ3) is 3.72. The highest BCUT2D eigenvalue weighted by Crippen LogP contribution is 2.33. The van der Waals surface area contributed by atoms with Gasteiger partial charge in [0.25, 0.3) is 0 Å². The molecule has 96 valence electrons. The van der Waals surface area contributed by atoms with E-state index in [2.05, 4.69) is 59.0 Å². The molecule has 0 amide bonds. The van der Waals surface area contributed by atoms with Gasteiger partial charge in [-0.05, 0) is 53.6 Å². The molecule has 1 heterocycles. The molecular formula is C13H20BrNS2. The van der Waals surface area contributed by atoms with Gasteiger partial charge >= 0.3 is 0 Å². The van der Waals surface area contributed by atoms with Crippen LogP contribution in [-0.2, 0) is 0 Å². The molecule has 1 aromatic heterocycles. The summed E-state index contributed by atoms with van der Waals surface area (Å²) in [5, 5.41) is 4.64. The first-order valence-corrected chi connectivity index (χ1v) is 8.99. The fraction of sp³-hybridized carbons (Fsp3) is 0.692. The lowest BCUT2D eigenvalue weighted by Gasteiger charge is -2.24. The Bertz CT molecular complexity index is 353. The maximum absolute atomic E-state index is 3.81. The lowest BCUT2D eigenvalue weighted by molar-refractivity contribution is 0.472. The number of hydrogen-bond acceptors (Lipinski definition) is 3. The molecule has 17 heavy (non-hydrogen) atoms. The van der Waals surface area contributed by atoms with E-state index in [1.807, 2.05) is 11.3 Å². The van der Waals surface area contributed by atoms with Crippen molar-refractivity contribution < 1.29 is 0 Å². The van der Waals surface area contributed by atoms with Crippen molar-refractivity contribution in [2.45, 2.75) is 50.4 Å². The molecule has 3 unspecified atom stereocenters. The van der Waals surface area contributed by atoms with Crippen molar-refractivity contribution in [1.29, 1.82) is 0 Å². The van der Waals surface area contributed by atoms with Crippen LogP contribution in [0.2, 0.25) is 0 Å². The SMILES string of the molecule is CCSC1CCCC1NC(C)c1ccc(Br)s1. The molecule has 1 aliphatic rings. The van der Waals surface area contributed by atoms with E-state index in [1.165, 1.54) is 33.7 Å². The molecule has 2 rings (SSSR count). The van der Waals surface area contributed by atoms with Gasteiger partial charge in [-0.3, -0.25) is 0 Å². The molecular weight excluding hydrogens is 314 g/mol. The summed E-state index contributed by atoms with van der Waals surface area (Å²) in [5.74, 6) is 1.24. The summed E-state index contributed by atoms with van der Waals surface area (Å²) in [6, 6.07) is 5.55. The van der Waals surface area contributed by atoms with Crippen molar-refractivity contribution >= 4 is 39.0 Å². The van der Waals surface area contributed by atoms with Gasteiger partial charge in [-0.2, -0.15) is 11.8 Å². The lowest BCUT2D eigenvalue weighted by atomic mass is 10.2. The zero-order chi connectivity index (χ0) is 12.3. The predicted octanol–water partition coefficient (Wildman–Crippen LogP) is 4.84. The Morgan fingerprint density at radius 2 is 2.35 bits per heavy atom. The molecule has 0 radical (unpaired) electrons. The summed E-state index contributed by atoms with van der Waals surface area (Å²) in [6.07, 6.45) is 4.11. The average molecular weight is 334 g/mol. The molecule has 1 aliphatic carbocycles. The van der Waals surface area contributed by atoms with Crippen molar-refractivity contribution in [3.63, 3.8) is 0 Å². The molecule has 0 aromatic carbocycles. The van der Waals surface area contributed by atoms with Gasteiger partial charge in [0.1, 0.15) is 0 Å². The lowest BCUT2D eigenvalue weighted by Crippen LogP contribution is -2.35. The van der Waals surface area contributed by atoms with Gasteiger partial charge in [0, 0.05) is 22.2 Å². The zero-order valence-electron chi connectivity index (χ0n) is 10.4. The van der Waals surface area contributed by atoms with Crippen LogP contribution >= 0.6 is 39.0 Å². The Labute approximate surface area is 121 Å². The van der Waals surface area contributed by atoms with Crippen molar-refractivity contribution in [1.82, 2.24) is 5.32 Å². The van der Waals surface area contributed by atoms with E-state index in [4.69, 9.17) is 0 Å². The molecule has 1 aromatic rings. The van der Waals surface area contributed by atoms with E-state index in [9.17, 15) is 0 Å². The van der Waals surface area contributed by atoms with Crippen molar-refractivity contribution in [3.8, 4) is 0 Å². The molecule has 0 aliphatic heterocycles. The summed E-state index contributed by atoms with van der Waals surface area (Å²) in [6.45, 7) is 4.55. The number of rotatable bonds is 5. The molecule has 4 heteroatoms. The molecule has 3 atom stereocenters. The molecule has 0 bridgehead atoms. The van der Waals surface area contributed by atoms with E-state index in [0.717, 1.165) is 5.25 Å². The summed E-state index contributed by atoms with van der Waals surface area (Å²) in [4.78, 5) is 1.43. The Morgan fingerprint density at radius 1 is 1.53 bits per heavy atom. The Kier molecular flexibility index (Phi) is 5.40. The minimum absolute atomic E-state index is 0.481. The van der Waals surface area contributed by atoms with Gasteiger partial charge in [0.2, 0.25) is 0 Å². The van der Waals surface area contributed by atoms with E-state index < -0.39 is 0 Å². The van der Waals surface area contributed by atoms with Crippen molar-refractivity contribution in [2.24, 2.45) is 0 Å². The second kappa shape index (κ2) is 6.60. The Hall–Kier alpha value is 0.490. The quantitative estimate of drug-likeness (QED) is 0.827. The minimum Gasteiger partial charge on any atom is -0.306 e. The maximum atomic E-state index is 3.81. The topological polar surface area (TPSA) is 12.0 Å². The van der Waals surface area contributed by atoms with Crippen LogP contribution in [0.25, 0.3) is 0 Å². The minimum atomic E-state index is 0.481. The first-order valence-electron chi connectivity index (χ1n) is 6.33. The normalized spacial score (nSPS) is 26.3. The summed E-state index contributed by atoms with van der Waals surface area (Å²) in [7, 11) is 0. The van der Waals surface area contributed by atoms with Crippen LogP contribution in [0.5, 0.6) is 0 Å². The predicted molar refractivity (Wildman–Crippen MR) is 83.1 cm³/mol. The Morgan fingerprint density at radius 3 is 3.00 bits per heavy atom. The van der Waals surface area contributed by atoms with Crippen LogP contribution in [0.1, 0.15) is 44.0 Å².